The Morgan fingerprint density at radius 3 is 2.33 bits per heavy atom. The van der Waals surface area contributed by atoms with Gasteiger partial charge < -0.3 is 25.6 Å². The Kier molecular flexibility index (Phi) is 11.9. The van der Waals surface area contributed by atoms with E-state index in [9.17, 15) is 19.2 Å². The first-order valence-electron chi connectivity index (χ1n) is 14.9. The van der Waals surface area contributed by atoms with Crippen molar-refractivity contribution in [3.05, 3.63) is 65.2 Å². The Morgan fingerprint density at radius 2 is 1.64 bits per heavy atom. The highest BCUT2D eigenvalue weighted by atomic mass is 16.5. The molecule has 0 aromatic heterocycles. The number of fused-ring (bicyclic) bond motifs is 1. The van der Waals surface area contributed by atoms with Crippen LogP contribution in [-0.2, 0) is 20.8 Å². The Labute approximate surface area is 249 Å². The molecule has 1 aliphatic heterocycles. The van der Waals surface area contributed by atoms with Crippen LogP contribution in [0.25, 0.3) is 0 Å². The molecule has 42 heavy (non-hydrogen) atoms. The fraction of sp³-hybridized carbons (Fsp3) is 0.515. The molecule has 0 unspecified atom stereocenters. The number of carbonyl (C=O) groups excluding carboxylic acids is 4. The highest BCUT2D eigenvalue weighted by Crippen LogP contribution is 2.22. The molecule has 2 aromatic carbocycles. The van der Waals surface area contributed by atoms with E-state index in [1.807, 2.05) is 45.0 Å². The van der Waals surface area contributed by atoms with E-state index < -0.39 is 29.8 Å². The molecule has 0 radical (unpaired) electrons. The van der Waals surface area contributed by atoms with Gasteiger partial charge in [-0.05, 0) is 61.3 Å². The van der Waals surface area contributed by atoms with Gasteiger partial charge in [0.2, 0.25) is 17.7 Å². The van der Waals surface area contributed by atoms with Gasteiger partial charge in [0.15, 0.2) is 0 Å². The molecular weight excluding hydrogens is 532 g/mol. The third kappa shape index (κ3) is 9.33. The van der Waals surface area contributed by atoms with Gasteiger partial charge in [-0.25, -0.2) is 0 Å². The number of likely N-dealkylation sites (N-methyl/N-ethyl adjacent to an activating group) is 1. The van der Waals surface area contributed by atoms with Crippen molar-refractivity contribution in [3.63, 3.8) is 0 Å². The zero-order chi connectivity index (χ0) is 30.8. The molecule has 9 heteroatoms. The molecule has 2 aromatic rings. The van der Waals surface area contributed by atoms with Crippen molar-refractivity contribution in [1.82, 2.24) is 20.9 Å². The van der Waals surface area contributed by atoms with Crippen LogP contribution >= 0.6 is 0 Å². The van der Waals surface area contributed by atoms with Crippen molar-refractivity contribution in [2.45, 2.75) is 78.4 Å². The predicted molar refractivity (Wildman–Crippen MR) is 163 cm³/mol. The summed E-state index contributed by atoms with van der Waals surface area (Å²) in [5.41, 5.74) is 2.48. The summed E-state index contributed by atoms with van der Waals surface area (Å²) >= 11 is 0. The van der Waals surface area contributed by atoms with E-state index in [1.165, 1.54) is 0 Å². The van der Waals surface area contributed by atoms with Crippen LogP contribution < -0.4 is 20.7 Å². The number of hydrogen-bond donors (Lipinski definition) is 3. The number of carbonyl (C=O) groups is 4. The monoisotopic (exact) mass is 578 g/mol. The molecule has 0 aliphatic carbocycles. The maximum Gasteiger partial charge on any atom is 0.255 e. The first-order valence-corrected chi connectivity index (χ1v) is 14.9. The number of nitrogens with one attached hydrogen (secondary N) is 3. The molecular formula is C33H46N4O5. The van der Waals surface area contributed by atoms with E-state index >= 15 is 0 Å². The molecule has 3 N–H and O–H groups in total. The average molecular weight is 579 g/mol. The topological polar surface area (TPSA) is 117 Å². The third-order valence-corrected chi connectivity index (χ3v) is 7.51. The molecule has 228 valence electrons. The highest BCUT2D eigenvalue weighted by molar-refractivity contribution is 6.01. The zero-order valence-corrected chi connectivity index (χ0v) is 25.7. The van der Waals surface area contributed by atoms with E-state index in [2.05, 4.69) is 29.8 Å². The zero-order valence-electron chi connectivity index (χ0n) is 25.7. The van der Waals surface area contributed by atoms with Gasteiger partial charge in [0, 0.05) is 13.6 Å². The number of nitrogens with zero attached hydrogens (tertiary/aromatic N) is 1. The van der Waals surface area contributed by atoms with Crippen molar-refractivity contribution in [1.29, 1.82) is 0 Å². The van der Waals surface area contributed by atoms with Crippen LogP contribution in [0.2, 0.25) is 0 Å². The summed E-state index contributed by atoms with van der Waals surface area (Å²) in [4.78, 5) is 55.5. The first kappa shape index (κ1) is 32.6. The Hall–Kier alpha value is -3.88. The largest absolute Gasteiger partial charge is 0.491 e. The van der Waals surface area contributed by atoms with Gasteiger partial charge in [0.25, 0.3) is 5.91 Å². The number of rotatable bonds is 8. The third-order valence-electron chi connectivity index (χ3n) is 7.51. The number of hydrogen-bond acceptors (Lipinski definition) is 5. The SMILES string of the molecule is Cc1ccccc1CCNC(=O)[C@@H]1CC(=O)N[C@H](CC(C)C)C(=O)N(C)[C@@H](CC(C)C)COc2ccccc2C(=O)N1. The molecule has 3 atom stereocenters. The fourth-order valence-electron chi connectivity index (χ4n) is 5.18. The van der Waals surface area contributed by atoms with Crippen LogP contribution in [0.3, 0.4) is 0 Å². The number of amides is 4. The van der Waals surface area contributed by atoms with E-state index in [0.717, 1.165) is 11.1 Å². The minimum absolute atomic E-state index is 0.137. The quantitative estimate of drug-likeness (QED) is 0.442. The normalized spacial score (nSPS) is 20.3. The predicted octanol–water partition coefficient (Wildman–Crippen LogP) is 3.64. The average Bonchev–Trinajstić information content (AvgIpc) is 2.94. The van der Waals surface area contributed by atoms with Gasteiger partial charge in [-0.1, -0.05) is 64.1 Å². The lowest BCUT2D eigenvalue weighted by atomic mass is 9.99. The lowest BCUT2D eigenvalue weighted by Crippen LogP contribution is -2.54. The van der Waals surface area contributed by atoms with Gasteiger partial charge in [0.05, 0.1) is 18.0 Å². The Bertz CT molecular complexity index is 1240. The lowest BCUT2D eigenvalue weighted by molar-refractivity contribution is -0.138. The number of benzene rings is 2. The van der Waals surface area contributed by atoms with Gasteiger partial charge >= 0.3 is 0 Å². The van der Waals surface area contributed by atoms with Crippen LogP contribution in [-0.4, -0.2) is 66.9 Å². The summed E-state index contributed by atoms with van der Waals surface area (Å²) in [7, 11) is 1.73. The molecule has 0 spiro atoms. The molecule has 0 fully saturated rings. The highest BCUT2D eigenvalue weighted by Gasteiger charge is 2.32. The Morgan fingerprint density at radius 1 is 0.976 bits per heavy atom. The van der Waals surface area contributed by atoms with Crippen LogP contribution in [0.4, 0.5) is 0 Å². The second kappa shape index (κ2) is 15.4. The van der Waals surface area contributed by atoms with Crippen molar-refractivity contribution >= 4 is 23.6 Å². The summed E-state index contributed by atoms with van der Waals surface area (Å²) in [5, 5.41) is 8.48. The van der Waals surface area contributed by atoms with E-state index in [4.69, 9.17) is 4.74 Å². The number of aryl methyl sites for hydroxylation is 1. The van der Waals surface area contributed by atoms with E-state index in [0.29, 0.717) is 31.6 Å². The molecule has 3 rings (SSSR count). The van der Waals surface area contributed by atoms with Crippen molar-refractivity contribution in [2.24, 2.45) is 11.8 Å². The van der Waals surface area contributed by atoms with Crippen molar-refractivity contribution < 1.29 is 23.9 Å². The molecule has 0 saturated carbocycles. The minimum Gasteiger partial charge on any atom is -0.491 e. The molecule has 1 heterocycles. The first-order chi connectivity index (χ1) is 20.0. The van der Waals surface area contributed by atoms with Gasteiger partial charge in [-0.3, -0.25) is 19.2 Å². The maximum absolute atomic E-state index is 13.7. The standard InChI is InChI=1S/C33H46N4O5/c1-21(2)17-25-20-42-29-14-10-9-13-26(29)31(39)36-27(32(40)34-16-15-24-12-8-7-11-23(24)5)19-30(38)35-28(18-22(3)4)33(41)37(25)6/h7-14,21-22,25,27-28H,15-20H2,1-6H3,(H,34,40)(H,35,38)(H,36,39)/t25-,27-,28+/m0/s1. The van der Waals surface area contributed by atoms with Crippen LogP contribution in [0.5, 0.6) is 5.75 Å². The summed E-state index contributed by atoms with van der Waals surface area (Å²) < 4.78 is 6.15. The molecule has 0 bridgehead atoms. The van der Waals surface area contributed by atoms with Crippen LogP contribution in [0.1, 0.15) is 68.4 Å². The van der Waals surface area contributed by atoms with Crippen molar-refractivity contribution in [3.8, 4) is 5.75 Å². The summed E-state index contributed by atoms with van der Waals surface area (Å²) in [6, 6.07) is 12.5. The van der Waals surface area contributed by atoms with Gasteiger partial charge in [-0.15, -0.1) is 0 Å². The van der Waals surface area contributed by atoms with E-state index in [-0.39, 0.29) is 42.4 Å². The maximum atomic E-state index is 13.7. The van der Waals surface area contributed by atoms with Crippen LogP contribution in [0.15, 0.2) is 48.5 Å². The number of ether oxygens (including phenoxy) is 1. The minimum atomic E-state index is -1.15. The number of para-hydroxylation sites is 1. The Balaban J connectivity index is 1.90. The smallest absolute Gasteiger partial charge is 0.255 e. The molecule has 4 amide bonds. The van der Waals surface area contributed by atoms with Gasteiger partial charge in [-0.2, -0.15) is 0 Å². The van der Waals surface area contributed by atoms with Crippen molar-refractivity contribution in [2.75, 3.05) is 20.2 Å². The molecule has 9 nitrogen and oxygen atoms in total. The fourth-order valence-corrected chi connectivity index (χ4v) is 5.18. The van der Waals surface area contributed by atoms with E-state index in [1.54, 1.807) is 36.2 Å². The van der Waals surface area contributed by atoms with Crippen LogP contribution in [0, 0.1) is 18.8 Å². The second-order valence-electron chi connectivity index (χ2n) is 12.0. The molecule has 1 aliphatic rings. The molecule has 0 saturated heterocycles. The second-order valence-corrected chi connectivity index (χ2v) is 12.0. The lowest BCUT2D eigenvalue weighted by Gasteiger charge is -2.33. The summed E-state index contributed by atoms with van der Waals surface area (Å²) in [6.07, 6.45) is 1.42. The summed E-state index contributed by atoms with van der Waals surface area (Å²) in [6.45, 7) is 10.7. The summed E-state index contributed by atoms with van der Waals surface area (Å²) in [5.74, 6) is -0.906. The van der Waals surface area contributed by atoms with Gasteiger partial charge in [0.1, 0.15) is 24.4 Å².